The molecule has 2 aliphatic rings. The highest BCUT2D eigenvalue weighted by atomic mass is 35.5. The Bertz CT molecular complexity index is 1750. The lowest BCUT2D eigenvalue weighted by atomic mass is 9.78. The van der Waals surface area contributed by atoms with E-state index in [0.29, 0.717) is 56.9 Å². The van der Waals surface area contributed by atoms with Gasteiger partial charge in [0.1, 0.15) is 5.82 Å². The second-order valence-electron chi connectivity index (χ2n) is 10.7. The molecule has 0 unspecified atom stereocenters. The molecule has 0 radical (unpaired) electrons. The van der Waals surface area contributed by atoms with Gasteiger partial charge in [-0.25, -0.2) is 4.39 Å². The molecule has 0 saturated carbocycles. The van der Waals surface area contributed by atoms with Crippen molar-refractivity contribution in [3.8, 4) is 17.2 Å². The summed E-state index contributed by atoms with van der Waals surface area (Å²) in [5, 5.41) is 4.13. The number of benzene rings is 4. The minimum absolute atomic E-state index is 0.0931. The van der Waals surface area contributed by atoms with Crippen LogP contribution in [0.4, 0.5) is 15.8 Å². The number of anilines is 2. The third-order valence-corrected chi connectivity index (χ3v) is 8.40. The second-order valence-corrected chi connectivity index (χ2v) is 11.1. The first-order valence-electron chi connectivity index (χ1n) is 14.1. The van der Waals surface area contributed by atoms with Gasteiger partial charge in [-0.2, -0.15) is 0 Å². The number of amides is 1. The van der Waals surface area contributed by atoms with Crippen molar-refractivity contribution in [1.82, 2.24) is 0 Å². The van der Waals surface area contributed by atoms with E-state index in [4.69, 9.17) is 25.8 Å². The molecular formula is C35H30ClFN2O5. The molecule has 6 rings (SSSR count). The number of hydrogen-bond donors (Lipinski definition) is 1. The van der Waals surface area contributed by atoms with Gasteiger partial charge in [0.15, 0.2) is 17.3 Å². The molecule has 1 N–H and O–H groups in total. The molecule has 0 spiro atoms. The van der Waals surface area contributed by atoms with Gasteiger partial charge >= 0.3 is 0 Å². The van der Waals surface area contributed by atoms with E-state index in [0.717, 1.165) is 5.56 Å². The number of Topliss-reactive ketones (excluding diaryl/α,β-unsaturated/α-hetero) is 1. The minimum Gasteiger partial charge on any atom is -0.493 e. The summed E-state index contributed by atoms with van der Waals surface area (Å²) >= 11 is 6.14. The summed E-state index contributed by atoms with van der Waals surface area (Å²) < 4.78 is 30.7. The molecule has 1 heterocycles. The maximum Gasteiger partial charge on any atom is 0.259 e. The molecule has 0 saturated heterocycles. The van der Waals surface area contributed by atoms with Crippen molar-refractivity contribution in [3.63, 3.8) is 0 Å². The summed E-state index contributed by atoms with van der Waals surface area (Å²) in [6.45, 7) is 0. The van der Waals surface area contributed by atoms with E-state index in [-0.39, 0.29) is 23.7 Å². The fourth-order valence-electron chi connectivity index (χ4n) is 6.09. The third-order valence-electron chi connectivity index (χ3n) is 8.15. The number of ketones is 1. The number of hydrogen-bond acceptors (Lipinski definition) is 6. The highest BCUT2D eigenvalue weighted by Crippen LogP contribution is 2.48. The minimum atomic E-state index is -0.855. The second kappa shape index (κ2) is 12.1. The molecule has 1 amide bonds. The Morgan fingerprint density at radius 3 is 2.14 bits per heavy atom. The van der Waals surface area contributed by atoms with E-state index < -0.39 is 17.8 Å². The van der Waals surface area contributed by atoms with Gasteiger partial charge in [0.05, 0.1) is 38.7 Å². The molecule has 44 heavy (non-hydrogen) atoms. The highest BCUT2D eigenvalue weighted by Gasteiger charge is 2.42. The molecule has 0 bridgehead atoms. The monoisotopic (exact) mass is 612 g/mol. The van der Waals surface area contributed by atoms with Crippen molar-refractivity contribution >= 4 is 34.7 Å². The Labute approximate surface area is 259 Å². The Morgan fingerprint density at radius 2 is 1.50 bits per heavy atom. The standard InChI is InChI=1S/C35H30ClFN2O5/c1-42-30-18-23(19-31(43-2)34(30)44-3)35(41)39-28-7-5-4-6-26(28)38-27-16-22(20-8-12-24(36)13-9-20)17-29(40)32(27)33(39)21-10-14-25(37)15-11-21/h4-15,18-19,22,33,38H,16-17H2,1-3H3/t22-,33+/m0/s1. The molecule has 1 aliphatic carbocycles. The van der Waals surface area contributed by atoms with Crippen LogP contribution >= 0.6 is 11.6 Å². The molecule has 7 nitrogen and oxygen atoms in total. The van der Waals surface area contributed by atoms with E-state index in [1.807, 2.05) is 48.5 Å². The SMILES string of the molecule is COc1cc(C(=O)N2c3ccccc3NC3=C(C(=O)C[C@@H](c4ccc(Cl)cc4)C3)[C@H]2c2ccc(F)cc2)cc(OC)c1OC. The first-order chi connectivity index (χ1) is 21.3. The lowest BCUT2D eigenvalue weighted by Crippen LogP contribution is -2.38. The van der Waals surface area contributed by atoms with Crippen LogP contribution in [-0.4, -0.2) is 33.0 Å². The number of halogens is 2. The molecule has 0 aromatic heterocycles. The largest absolute Gasteiger partial charge is 0.493 e. The number of carbonyl (C=O) groups is 2. The van der Waals surface area contributed by atoms with E-state index in [1.54, 1.807) is 29.2 Å². The fourth-order valence-corrected chi connectivity index (χ4v) is 6.21. The van der Waals surface area contributed by atoms with Crippen molar-refractivity contribution in [2.45, 2.75) is 24.8 Å². The Balaban J connectivity index is 1.56. The Kier molecular flexibility index (Phi) is 8.01. The summed E-state index contributed by atoms with van der Waals surface area (Å²) in [7, 11) is 4.45. The zero-order chi connectivity index (χ0) is 31.0. The third kappa shape index (κ3) is 5.26. The van der Waals surface area contributed by atoms with E-state index >= 15 is 0 Å². The van der Waals surface area contributed by atoms with Gasteiger partial charge in [-0.3, -0.25) is 14.5 Å². The fraction of sp³-hybridized carbons (Fsp3) is 0.200. The van der Waals surface area contributed by atoms with Crippen molar-refractivity contribution in [1.29, 1.82) is 0 Å². The van der Waals surface area contributed by atoms with E-state index in [1.165, 1.54) is 33.5 Å². The number of fused-ring (bicyclic) bond motifs is 1. The number of ether oxygens (including phenoxy) is 3. The first kappa shape index (κ1) is 29.3. The summed E-state index contributed by atoms with van der Waals surface area (Å²) in [6, 6.07) is 23.1. The van der Waals surface area contributed by atoms with Crippen molar-refractivity contribution in [2.75, 3.05) is 31.5 Å². The van der Waals surface area contributed by atoms with Crippen LogP contribution in [-0.2, 0) is 4.79 Å². The topological polar surface area (TPSA) is 77.1 Å². The first-order valence-corrected chi connectivity index (χ1v) is 14.5. The van der Waals surface area contributed by atoms with E-state index in [9.17, 15) is 14.0 Å². The number of nitrogens with one attached hydrogen (secondary N) is 1. The number of methoxy groups -OCH3 is 3. The molecule has 9 heteroatoms. The van der Waals surface area contributed by atoms with Crippen LogP contribution < -0.4 is 24.4 Å². The van der Waals surface area contributed by atoms with Crippen LogP contribution in [0.1, 0.15) is 46.3 Å². The number of allylic oxidation sites excluding steroid dienone is 1. The van der Waals surface area contributed by atoms with Gasteiger partial charge in [0.2, 0.25) is 5.75 Å². The number of nitrogens with zero attached hydrogens (tertiary/aromatic N) is 1. The van der Waals surface area contributed by atoms with Crippen molar-refractivity contribution in [2.24, 2.45) is 0 Å². The average Bonchev–Trinajstić information content (AvgIpc) is 3.19. The quantitative estimate of drug-likeness (QED) is 0.240. The van der Waals surface area contributed by atoms with Crippen LogP contribution in [0.2, 0.25) is 5.02 Å². The zero-order valence-corrected chi connectivity index (χ0v) is 25.2. The van der Waals surface area contributed by atoms with Gasteiger partial charge in [0, 0.05) is 28.3 Å². The predicted molar refractivity (Wildman–Crippen MR) is 168 cm³/mol. The smallest absolute Gasteiger partial charge is 0.259 e. The van der Waals surface area contributed by atoms with E-state index in [2.05, 4.69) is 5.32 Å². The molecule has 1 aliphatic heterocycles. The highest BCUT2D eigenvalue weighted by molar-refractivity contribution is 6.30. The van der Waals surface area contributed by atoms with Crippen LogP contribution in [0.3, 0.4) is 0 Å². The van der Waals surface area contributed by atoms with Gasteiger partial charge in [-0.05, 0) is 72.0 Å². The molecule has 224 valence electrons. The van der Waals surface area contributed by atoms with Crippen LogP contribution in [0.25, 0.3) is 0 Å². The summed E-state index contributed by atoms with van der Waals surface area (Å²) in [4.78, 5) is 30.6. The van der Waals surface area contributed by atoms with Crippen LogP contribution in [0, 0.1) is 5.82 Å². The van der Waals surface area contributed by atoms with Gasteiger partial charge in [0.25, 0.3) is 5.91 Å². The van der Waals surface area contributed by atoms with Gasteiger partial charge in [-0.15, -0.1) is 0 Å². The zero-order valence-electron chi connectivity index (χ0n) is 24.4. The van der Waals surface area contributed by atoms with Crippen molar-refractivity contribution in [3.05, 3.63) is 124 Å². The van der Waals surface area contributed by atoms with Gasteiger partial charge < -0.3 is 19.5 Å². The Hall–Kier alpha value is -4.82. The molecule has 4 aromatic rings. The van der Waals surface area contributed by atoms with Crippen molar-refractivity contribution < 1.29 is 28.2 Å². The average molecular weight is 613 g/mol. The summed E-state index contributed by atoms with van der Waals surface area (Å²) in [6.07, 6.45) is 0.767. The number of carbonyl (C=O) groups excluding carboxylic acids is 2. The summed E-state index contributed by atoms with van der Waals surface area (Å²) in [5.41, 5.74) is 4.24. The summed E-state index contributed by atoms with van der Waals surface area (Å²) in [5.74, 6) is -0.0544. The number of rotatable bonds is 6. The molecule has 0 fully saturated rings. The van der Waals surface area contributed by atoms with Crippen LogP contribution in [0.5, 0.6) is 17.2 Å². The lowest BCUT2D eigenvalue weighted by Gasteiger charge is -2.35. The number of para-hydroxylation sites is 2. The predicted octanol–water partition coefficient (Wildman–Crippen LogP) is 7.72. The van der Waals surface area contributed by atoms with Gasteiger partial charge in [-0.1, -0.05) is 48.0 Å². The lowest BCUT2D eigenvalue weighted by molar-refractivity contribution is -0.116. The normalized spacial score (nSPS) is 17.7. The molecule has 4 aromatic carbocycles. The molecule has 2 atom stereocenters. The maximum atomic E-state index is 14.7. The maximum absolute atomic E-state index is 14.7. The van der Waals surface area contributed by atoms with Crippen LogP contribution in [0.15, 0.2) is 96.2 Å². The molecular weight excluding hydrogens is 583 g/mol. The Morgan fingerprint density at radius 1 is 0.864 bits per heavy atom.